The van der Waals surface area contributed by atoms with Gasteiger partial charge in [0.1, 0.15) is 17.4 Å². The molecule has 146 valence electrons. The highest BCUT2D eigenvalue weighted by atomic mass is 19.1. The molecule has 4 rings (SSSR count). The summed E-state index contributed by atoms with van der Waals surface area (Å²) >= 11 is 0. The maximum atomic E-state index is 13.8. The lowest BCUT2D eigenvalue weighted by molar-refractivity contribution is 0.400. The molecule has 0 aliphatic rings. The van der Waals surface area contributed by atoms with E-state index >= 15 is 0 Å². The maximum Gasteiger partial charge on any atom is 0.231 e. The molecule has 0 bridgehead atoms. The standard InChI is InChI=1S/C22H20FN5O/c1-15-13-21(28-29-15)27-22-25-19(17-8-3-2-4-9-17)14-20(26-22)24-12-11-16-7-5-6-10-18(16)23/h2-10,13-14H,11-12H2,1H3,(H2,24,25,26,27,28). The number of aromatic nitrogens is 3. The van der Waals surface area contributed by atoms with Gasteiger partial charge < -0.3 is 15.2 Å². The van der Waals surface area contributed by atoms with Crippen molar-refractivity contribution in [2.24, 2.45) is 0 Å². The van der Waals surface area contributed by atoms with Crippen LogP contribution in [0.5, 0.6) is 0 Å². The summed E-state index contributed by atoms with van der Waals surface area (Å²) in [5.74, 6) is 2.05. The summed E-state index contributed by atoms with van der Waals surface area (Å²) in [5.41, 5.74) is 2.39. The number of halogens is 1. The van der Waals surface area contributed by atoms with E-state index in [0.717, 1.165) is 11.3 Å². The van der Waals surface area contributed by atoms with Gasteiger partial charge in [-0.1, -0.05) is 53.7 Å². The van der Waals surface area contributed by atoms with Crippen molar-refractivity contribution < 1.29 is 8.91 Å². The van der Waals surface area contributed by atoms with Gasteiger partial charge in [-0.05, 0) is 25.0 Å². The van der Waals surface area contributed by atoms with Crippen molar-refractivity contribution in [3.63, 3.8) is 0 Å². The van der Waals surface area contributed by atoms with Crippen molar-refractivity contribution in [3.8, 4) is 11.3 Å². The van der Waals surface area contributed by atoms with Crippen molar-refractivity contribution in [2.75, 3.05) is 17.2 Å². The minimum Gasteiger partial charge on any atom is -0.370 e. The predicted molar refractivity (Wildman–Crippen MR) is 111 cm³/mol. The Hall–Kier alpha value is -3.74. The van der Waals surface area contributed by atoms with Gasteiger partial charge in [0.15, 0.2) is 5.82 Å². The summed E-state index contributed by atoms with van der Waals surface area (Å²) in [5, 5.41) is 10.3. The number of hydrogen-bond donors (Lipinski definition) is 2. The molecule has 0 atom stereocenters. The molecule has 0 amide bonds. The third-order valence-electron chi connectivity index (χ3n) is 4.32. The fourth-order valence-corrected chi connectivity index (χ4v) is 2.92. The Kier molecular flexibility index (Phi) is 5.47. The van der Waals surface area contributed by atoms with Crippen LogP contribution in [-0.2, 0) is 6.42 Å². The topological polar surface area (TPSA) is 75.9 Å². The zero-order chi connectivity index (χ0) is 20.1. The number of nitrogens with one attached hydrogen (secondary N) is 2. The normalized spacial score (nSPS) is 10.7. The fraction of sp³-hybridized carbons (Fsp3) is 0.136. The molecule has 2 heterocycles. The van der Waals surface area contributed by atoms with Gasteiger partial charge in [-0.15, -0.1) is 0 Å². The Morgan fingerprint density at radius 1 is 0.931 bits per heavy atom. The molecule has 0 spiro atoms. The molecule has 2 aromatic heterocycles. The Bertz CT molecular complexity index is 1100. The molecule has 2 N–H and O–H groups in total. The Balaban J connectivity index is 1.56. The zero-order valence-corrected chi connectivity index (χ0v) is 15.9. The molecule has 0 aliphatic carbocycles. The Morgan fingerprint density at radius 2 is 1.72 bits per heavy atom. The van der Waals surface area contributed by atoms with Gasteiger partial charge in [-0.3, -0.25) is 0 Å². The SMILES string of the molecule is Cc1cc(Nc2nc(NCCc3ccccc3F)cc(-c3ccccc3)n2)no1. The highest BCUT2D eigenvalue weighted by Gasteiger charge is 2.09. The van der Waals surface area contributed by atoms with Crippen LogP contribution >= 0.6 is 0 Å². The first-order chi connectivity index (χ1) is 14.2. The second-order valence-electron chi connectivity index (χ2n) is 6.54. The van der Waals surface area contributed by atoms with E-state index in [0.29, 0.717) is 41.9 Å². The van der Waals surface area contributed by atoms with E-state index in [1.165, 1.54) is 6.07 Å². The summed E-state index contributed by atoms with van der Waals surface area (Å²) in [6, 6.07) is 20.2. The number of anilines is 3. The minimum absolute atomic E-state index is 0.203. The average Bonchev–Trinajstić information content (AvgIpc) is 3.14. The fourth-order valence-electron chi connectivity index (χ4n) is 2.92. The summed E-state index contributed by atoms with van der Waals surface area (Å²) in [6.45, 7) is 2.35. The largest absolute Gasteiger partial charge is 0.370 e. The van der Waals surface area contributed by atoms with E-state index in [9.17, 15) is 4.39 Å². The summed E-state index contributed by atoms with van der Waals surface area (Å²) in [4.78, 5) is 9.09. The van der Waals surface area contributed by atoms with Crippen LogP contribution in [-0.4, -0.2) is 21.7 Å². The third kappa shape index (κ3) is 4.76. The van der Waals surface area contributed by atoms with Crippen molar-refractivity contribution in [2.45, 2.75) is 13.3 Å². The smallest absolute Gasteiger partial charge is 0.231 e. The first-order valence-corrected chi connectivity index (χ1v) is 9.29. The molecule has 6 nitrogen and oxygen atoms in total. The van der Waals surface area contributed by atoms with E-state index in [1.54, 1.807) is 18.2 Å². The van der Waals surface area contributed by atoms with Crippen LogP contribution < -0.4 is 10.6 Å². The molecule has 0 saturated heterocycles. The first kappa shape index (κ1) is 18.6. The number of benzene rings is 2. The van der Waals surface area contributed by atoms with Gasteiger partial charge in [-0.2, -0.15) is 4.98 Å². The predicted octanol–water partition coefficient (Wildman–Crippen LogP) is 4.98. The molecule has 0 unspecified atom stereocenters. The maximum absolute atomic E-state index is 13.8. The monoisotopic (exact) mass is 389 g/mol. The van der Waals surface area contributed by atoms with Gasteiger partial charge in [0.2, 0.25) is 5.95 Å². The average molecular weight is 389 g/mol. The molecule has 0 radical (unpaired) electrons. The van der Waals surface area contributed by atoms with Crippen LogP contribution in [0.1, 0.15) is 11.3 Å². The Labute approximate surface area is 167 Å². The van der Waals surface area contributed by atoms with Crippen LogP contribution in [0.15, 0.2) is 71.3 Å². The van der Waals surface area contributed by atoms with Crippen LogP contribution in [0.4, 0.5) is 22.0 Å². The second kappa shape index (κ2) is 8.52. The van der Waals surface area contributed by atoms with E-state index in [-0.39, 0.29) is 5.82 Å². The number of nitrogens with zero attached hydrogens (tertiary/aromatic N) is 3. The van der Waals surface area contributed by atoms with Gasteiger partial charge in [0.25, 0.3) is 0 Å². The molecular formula is C22H20FN5O. The second-order valence-corrected chi connectivity index (χ2v) is 6.54. The van der Waals surface area contributed by atoms with Crippen molar-refractivity contribution in [3.05, 3.63) is 83.9 Å². The number of hydrogen-bond acceptors (Lipinski definition) is 6. The zero-order valence-electron chi connectivity index (χ0n) is 15.9. The van der Waals surface area contributed by atoms with Crippen molar-refractivity contribution in [1.29, 1.82) is 0 Å². The minimum atomic E-state index is -0.203. The van der Waals surface area contributed by atoms with E-state index < -0.39 is 0 Å². The van der Waals surface area contributed by atoms with Crippen LogP contribution in [0, 0.1) is 12.7 Å². The van der Waals surface area contributed by atoms with Crippen LogP contribution in [0.25, 0.3) is 11.3 Å². The summed E-state index contributed by atoms with van der Waals surface area (Å²) < 4.78 is 18.9. The first-order valence-electron chi connectivity index (χ1n) is 9.29. The Morgan fingerprint density at radius 3 is 2.48 bits per heavy atom. The van der Waals surface area contributed by atoms with Crippen LogP contribution in [0.2, 0.25) is 0 Å². The van der Waals surface area contributed by atoms with Gasteiger partial charge >= 0.3 is 0 Å². The summed E-state index contributed by atoms with van der Waals surface area (Å²) in [7, 11) is 0. The molecule has 4 aromatic rings. The molecule has 0 aliphatic heterocycles. The van der Waals surface area contributed by atoms with Gasteiger partial charge in [0.05, 0.1) is 5.69 Å². The van der Waals surface area contributed by atoms with Crippen LogP contribution in [0.3, 0.4) is 0 Å². The molecular weight excluding hydrogens is 369 g/mol. The van der Waals surface area contributed by atoms with E-state index in [4.69, 9.17) is 4.52 Å². The molecule has 29 heavy (non-hydrogen) atoms. The molecule has 7 heteroatoms. The number of rotatable bonds is 7. The summed E-state index contributed by atoms with van der Waals surface area (Å²) in [6.07, 6.45) is 0.544. The number of aryl methyl sites for hydroxylation is 1. The lowest BCUT2D eigenvalue weighted by Crippen LogP contribution is -2.09. The van der Waals surface area contributed by atoms with Crippen molar-refractivity contribution >= 4 is 17.6 Å². The van der Waals surface area contributed by atoms with E-state index in [1.807, 2.05) is 49.4 Å². The molecule has 0 fully saturated rings. The highest BCUT2D eigenvalue weighted by Crippen LogP contribution is 2.23. The highest BCUT2D eigenvalue weighted by molar-refractivity contribution is 5.65. The van der Waals surface area contributed by atoms with Gasteiger partial charge in [0, 0.05) is 24.2 Å². The van der Waals surface area contributed by atoms with Crippen molar-refractivity contribution in [1.82, 2.24) is 15.1 Å². The van der Waals surface area contributed by atoms with E-state index in [2.05, 4.69) is 25.8 Å². The van der Waals surface area contributed by atoms with Gasteiger partial charge in [-0.25, -0.2) is 9.37 Å². The molecule has 0 saturated carbocycles. The quantitative estimate of drug-likeness (QED) is 0.464. The lowest BCUT2D eigenvalue weighted by atomic mass is 10.1. The molecule has 2 aromatic carbocycles. The lowest BCUT2D eigenvalue weighted by Gasteiger charge is -2.11. The third-order valence-corrected chi connectivity index (χ3v) is 4.32.